The van der Waals surface area contributed by atoms with Crippen LogP contribution in [0, 0.1) is 10.1 Å². The fourth-order valence-corrected chi connectivity index (χ4v) is 3.03. The lowest BCUT2D eigenvalue weighted by Crippen LogP contribution is -2.30. The second-order valence-corrected chi connectivity index (χ2v) is 6.93. The van der Waals surface area contributed by atoms with E-state index in [1.54, 1.807) is 0 Å². The summed E-state index contributed by atoms with van der Waals surface area (Å²) in [6.07, 6.45) is 0.565. The molecule has 0 saturated carbocycles. The Bertz CT molecular complexity index is 948. The van der Waals surface area contributed by atoms with Gasteiger partial charge in [0.25, 0.3) is 11.6 Å². The third-order valence-electron chi connectivity index (χ3n) is 4.06. The van der Waals surface area contributed by atoms with E-state index < -0.39 is 23.4 Å². The number of hydrogen-bond donors (Lipinski definition) is 1. The number of rotatable bonds is 7. The van der Waals surface area contributed by atoms with E-state index in [2.05, 4.69) is 21.2 Å². The molecule has 1 aliphatic heterocycles. The summed E-state index contributed by atoms with van der Waals surface area (Å²) in [5, 5.41) is 13.6. The van der Waals surface area contributed by atoms with Gasteiger partial charge in [-0.3, -0.25) is 14.9 Å². The van der Waals surface area contributed by atoms with Crippen LogP contribution in [0.2, 0.25) is 0 Å². The van der Waals surface area contributed by atoms with Crippen LogP contribution >= 0.6 is 15.9 Å². The van der Waals surface area contributed by atoms with Gasteiger partial charge in [-0.2, -0.15) is 0 Å². The average molecular weight is 465 g/mol. The number of amides is 1. The van der Waals surface area contributed by atoms with Gasteiger partial charge in [-0.1, -0.05) is 6.07 Å². The van der Waals surface area contributed by atoms with E-state index in [0.717, 1.165) is 11.6 Å². The fourth-order valence-electron chi connectivity index (χ4n) is 2.63. The molecule has 0 radical (unpaired) electrons. The number of hydrogen-bond acceptors (Lipinski definition) is 7. The maximum absolute atomic E-state index is 12.0. The number of esters is 1. The number of nitro groups is 1. The van der Waals surface area contributed by atoms with Crippen molar-refractivity contribution in [1.82, 2.24) is 5.32 Å². The Labute approximate surface area is 174 Å². The van der Waals surface area contributed by atoms with E-state index in [4.69, 9.17) is 14.2 Å². The highest BCUT2D eigenvalue weighted by Gasteiger charge is 2.18. The average Bonchev–Trinajstić information content (AvgIpc) is 2.72. The minimum atomic E-state index is -0.817. The molecule has 2 aromatic rings. The molecule has 1 amide bonds. The van der Waals surface area contributed by atoms with Crippen LogP contribution in [0.15, 0.2) is 40.9 Å². The fraction of sp³-hybridized carbons (Fsp3) is 0.263. The van der Waals surface area contributed by atoms with Crippen LogP contribution in [0.1, 0.15) is 15.9 Å². The molecule has 9 nitrogen and oxygen atoms in total. The van der Waals surface area contributed by atoms with E-state index in [9.17, 15) is 19.7 Å². The quantitative estimate of drug-likeness (QED) is 0.380. The van der Waals surface area contributed by atoms with Gasteiger partial charge in [0.1, 0.15) is 13.2 Å². The minimum absolute atomic E-state index is 0.0102. The second kappa shape index (κ2) is 9.37. The maximum atomic E-state index is 12.0. The van der Waals surface area contributed by atoms with Gasteiger partial charge >= 0.3 is 5.97 Å². The minimum Gasteiger partial charge on any atom is -0.486 e. The summed E-state index contributed by atoms with van der Waals surface area (Å²) < 4.78 is 16.1. The van der Waals surface area contributed by atoms with Crippen LogP contribution in [0.4, 0.5) is 5.69 Å². The zero-order valence-electron chi connectivity index (χ0n) is 15.2. The summed E-state index contributed by atoms with van der Waals surface area (Å²) in [6, 6.07) is 9.42. The van der Waals surface area contributed by atoms with Crippen molar-refractivity contribution in [1.29, 1.82) is 0 Å². The molecule has 0 unspecified atom stereocenters. The molecule has 0 aliphatic carbocycles. The Morgan fingerprint density at radius 1 is 1.14 bits per heavy atom. The zero-order valence-corrected chi connectivity index (χ0v) is 16.8. The van der Waals surface area contributed by atoms with Crippen molar-refractivity contribution >= 4 is 33.5 Å². The second-order valence-electron chi connectivity index (χ2n) is 6.08. The van der Waals surface area contributed by atoms with E-state index in [0.29, 0.717) is 37.7 Å². The molecule has 1 N–H and O–H groups in total. The summed E-state index contributed by atoms with van der Waals surface area (Å²) in [7, 11) is 0. The summed E-state index contributed by atoms with van der Waals surface area (Å²) >= 11 is 3.04. The van der Waals surface area contributed by atoms with Crippen molar-refractivity contribution in [3.05, 3.63) is 62.1 Å². The molecule has 10 heteroatoms. The third-order valence-corrected chi connectivity index (χ3v) is 4.73. The van der Waals surface area contributed by atoms with Gasteiger partial charge in [0.05, 0.1) is 15.0 Å². The maximum Gasteiger partial charge on any atom is 0.338 e. The first-order chi connectivity index (χ1) is 13.9. The molecular formula is C19H17BrN2O7. The summed E-state index contributed by atoms with van der Waals surface area (Å²) in [6.45, 7) is 0.887. The first-order valence-corrected chi connectivity index (χ1v) is 9.49. The largest absolute Gasteiger partial charge is 0.486 e. The number of carbonyl (C=O) groups excluding carboxylic acids is 2. The molecule has 29 heavy (non-hydrogen) atoms. The van der Waals surface area contributed by atoms with E-state index in [1.807, 2.05) is 18.2 Å². The number of carbonyl (C=O) groups is 2. The predicted molar refractivity (Wildman–Crippen MR) is 105 cm³/mol. The lowest BCUT2D eigenvalue weighted by Gasteiger charge is -2.18. The first-order valence-electron chi connectivity index (χ1n) is 8.70. The van der Waals surface area contributed by atoms with E-state index in [-0.39, 0.29) is 15.7 Å². The molecule has 0 fully saturated rings. The molecule has 1 heterocycles. The molecule has 0 atom stereocenters. The Morgan fingerprint density at radius 2 is 1.90 bits per heavy atom. The molecule has 0 saturated heterocycles. The first kappa shape index (κ1) is 20.6. The van der Waals surface area contributed by atoms with Gasteiger partial charge in [0.15, 0.2) is 18.1 Å². The van der Waals surface area contributed by atoms with Crippen LogP contribution < -0.4 is 14.8 Å². The molecule has 152 valence electrons. The third kappa shape index (κ3) is 5.44. The van der Waals surface area contributed by atoms with E-state index in [1.165, 1.54) is 12.1 Å². The Morgan fingerprint density at radius 3 is 2.66 bits per heavy atom. The molecule has 3 rings (SSSR count). The van der Waals surface area contributed by atoms with Crippen molar-refractivity contribution < 1.29 is 28.7 Å². The predicted octanol–water partition coefficient (Wildman–Crippen LogP) is 2.64. The monoisotopic (exact) mass is 464 g/mol. The summed E-state index contributed by atoms with van der Waals surface area (Å²) in [4.78, 5) is 34.2. The lowest BCUT2D eigenvalue weighted by atomic mass is 10.1. The molecule has 0 spiro atoms. The standard InChI is InChI=1S/C19H17BrN2O7/c20-14-3-2-13(10-15(14)22(25)26)19(24)29-11-18(23)21-6-5-12-1-4-16-17(9-12)28-8-7-27-16/h1-4,9-10H,5-8,11H2,(H,21,23). The van der Waals surface area contributed by atoms with Crippen LogP contribution in [0.3, 0.4) is 0 Å². The van der Waals surface area contributed by atoms with Crippen molar-refractivity contribution in [2.24, 2.45) is 0 Å². The van der Waals surface area contributed by atoms with Gasteiger partial charge in [-0.05, 0) is 52.2 Å². The highest BCUT2D eigenvalue weighted by atomic mass is 79.9. The van der Waals surface area contributed by atoms with E-state index >= 15 is 0 Å². The smallest absolute Gasteiger partial charge is 0.338 e. The Hall–Kier alpha value is -3.14. The molecule has 2 aromatic carbocycles. The number of nitrogens with zero attached hydrogens (tertiary/aromatic N) is 1. The molecular weight excluding hydrogens is 448 g/mol. The van der Waals surface area contributed by atoms with Gasteiger partial charge in [0.2, 0.25) is 0 Å². The summed E-state index contributed by atoms with van der Waals surface area (Å²) in [5.41, 5.74) is 0.695. The topological polar surface area (TPSA) is 117 Å². The van der Waals surface area contributed by atoms with Gasteiger partial charge in [0, 0.05) is 12.6 Å². The van der Waals surface area contributed by atoms with Crippen molar-refractivity contribution in [2.45, 2.75) is 6.42 Å². The normalized spacial score (nSPS) is 12.2. The van der Waals surface area contributed by atoms with Gasteiger partial charge in [-0.15, -0.1) is 0 Å². The number of nitro benzene ring substituents is 1. The Balaban J connectivity index is 1.45. The lowest BCUT2D eigenvalue weighted by molar-refractivity contribution is -0.385. The number of nitrogens with one attached hydrogen (secondary N) is 1. The Kier molecular flexibility index (Phi) is 6.65. The molecule has 0 bridgehead atoms. The van der Waals surface area contributed by atoms with Crippen LogP contribution in [-0.2, 0) is 16.0 Å². The van der Waals surface area contributed by atoms with Crippen molar-refractivity contribution in [2.75, 3.05) is 26.4 Å². The number of benzene rings is 2. The molecule has 1 aliphatic rings. The molecule has 0 aromatic heterocycles. The SMILES string of the molecule is O=C(COC(=O)c1ccc(Br)c([N+](=O)[O-])c1)NCCc1ccc2c(c1)OCCO2. The number of fused-ring (bicyclic) bond motifs is 1. The summed E-state index contributed by atoms with van der Waals surface area (Å²) in [5.74, 6) is 0.0896. The highest BCUT2D eigenvalue weighted by molar-refractivity contribution is 9.10. The van der Waals surface area contributed by atoms with Crippen LogP contribution in [-0.4, -0.2) is 43.2 Å². The van der Waals surface area contributed by atoms with Crippen molar-refractivity contribution in [3.63, 3.8) is 0 Å². The van der Waals surface area contributed by atoms with Crippen LogP contribution in [0.25, 0.3) is 0 Å². The van der Waals surface area contributed by atoms with Crippen LogP contribution in [0.5, 0.6) is 11.5 Å². The number of ether oxygens (including phenoxy) is 3. The van der Waals surface area contributed by atoms with Gasteiger partial charge in [-0.25, -0.2) is 4.79 Å². The van der Waals surface area contributed by atoms with Gasteiger partial charge < -0.3 is 19.5 Å². The number of halogens is 1. The highest BCUT2D eigenvalue weighted by Crippen LogP contribution is 2.30. The zero-order chi connectivity index (χ0) is 20.8. The van der Waals surface area contributed by atoms with Crippen molar-refractivity contribution in [3.8, 4) is 11.5 Å².